The minimum atomic E-state index is 0.677. The molecule has 6 heteroatoms. The van der Waals surface area contributed by atoms with Gasteiger partial charge in [0.15, 0.2) is 0 Å². The topological polar surface area (TPSA) is 56.9 Å². The van der Waals surface area contributed by atoms with Crippen molar-refractivity contribution in [2.45, 2.75) is 13.1 Å². The van der Waals surface area contributed by atoms with Crippen molar-refractivity contribution in [2.24, 2.45) is 7.05 Å². The molecule has 0 bridgehead atoms. The smallest absolute Gasteiger partial charge is 0.203 e. The molecule has 0 amide bonds. The predicted octanol–water partition coefficient (Wildman–Crippen LogP) is 0.875. The van der Waals surface area contributed by atoms with Crippen molar-refractivity contribution in [1.82, 2.24) is 19.3 Å². The number of hydrogen-bond donors (Lipinski definition) is 1. The summed E-state index contributed by atoms with van der Waals surface area (Å²) in [5, 5.41) is 7.40. The lowest BCUT2D eigenvalue weighted by molar-refractivity contribution is 0.187. The van der Waals surface area contributed by atoms with Crippen LogP contribution in [-0.2, 0) is 24.9 Å². The summed E-state index contributed by atoms with van der Waals surface area (Å²) in [4.78, 5) is 4.26. The first-order valence-corrected chi connectivity index (χ1v) is 5.52. The number of rotatable bonds is 6. The number of imidazole rings is 1. The molecule has 2 heterocycles. The molecular formula is C11H17N5O. The van der Waals surface area contributed by atoms with E-state index < -0.39 is 0 Å². The minimum Gasteiger partial charge on any atom is -0.383 e. The molecule has 0 aliphatic heterocycles. The molecule has 0 spiro atoms. The summed E-state index contributed by atoms with van der Waals surface area (Å²) in [5.41, 5.74) is 1.12. The molecular weight excluding hydrogens is 218 g/mol. The van der Waals surface area contributed by atoms with E-state index in [9.17, 15) is 0 Å². The number of nitrogens with one attached hydrogen (secondary N) is 1. The zero-order chi connectivity index (χ0) is 12.1. The fourth-order valence-electron chi connectivity index (χ4n) is 1.59. The van der Waals surface area contributed by atoms with Crippen LogP contribution >= 0.6 is 0 Å². The van der Waals surface area contributed by atoms with Crippen molar-refractivity contribution in [3.05, 3.63) is 30.4 Å². The van der Waals surface area contributed by atoms with Crippen LogP contribution in [0.2, 0.25) is 0 Å². The zero-order valence-electron chi connectivity index (χ0n) is 10.1. The van der Waals surface area contributed by atoms with Gasteiger partial charge < -0.3 is 14.6 Å². The third kappa shape index (κ3) is 2.85. The molecule has 2 aromatic heterocycles. The van der Waals surface area contributed by atoms with Crippen LogP contribution in [0.15, 0.2) is 24.7 Å². The standard InChI is InChI=1S/C11H17N5O/c1-15-10(3-4-14-15)9-13-11-12-5-6-16(11)7-8-17-2/h3-6H,7-9H2,1-2H3,(H,12,13). The molecule has 0 aromatic carbocycles. The number of aromatic nitrogens is 4. The maximum Gasteiger partial charge on any atom is 0.203 e. The van der Waals surface area contributed by atoms with Crippen LogP contribution in [0.25, 0.3) is 0 Å². The van der Waals surface area contributed by atoms with Gasteiger partial charge in [-0.15, -0.1) is 0 Å². The number of nitrogens with zero attached hydrogens (tertiary/aromatic N) is 4. The molecule has 1 N–H and O–H groups in total. The van der Waals surface area contributed by atoms with Gasteiger partial charge in [-0.2, -0.15) is 5.10 Å². The van der Waals surface area contributed by atoms with Gasteiger partial charge in [0.25, 0.3) is 0 Å². The number of methoxy groups -OCH3 is 1. The maximum absolute atomic E-state index is 5.05. The average Bonchev–Trinajstić information content (AvgIpc) is 2.93. The quantitative estimate of drug-likeness (QED) is 0.807. The Morgan fingerprint density at radius 1 is 1.41 bits per heavy atom. The number of hydrogen-bond acceptors (Lipinski definition) is 4. The fourth-order valence-corrected chi connectivity index (χ4v) is 1.59. The van der Waals surface area contributed by atoms with E-state index in [0.29, 0.717) is 13.2 Å². The molecule has 0 saturated heterocycles. The highest BCUT2D eigenvalue weighted by molar-refractivity contribution is 5.27. The van der Waals surface area contributed by atoms with Gasteiger partial charge in [0.2, 0.25) is 5.95 Å². The van der Waals surface area contributed by atoms with Crippen LogP contribution in [-0.4, -0.2) is 33.0 Å². The normalized spacial score (nSPS) is 10.7. The summed E-state index contributed by atoms with van der Waals surface area (Å²) in [6.07, 6.45) is 5.50. The first-order chi connectivity index (χ1) is 8.31. The van der Waals surface area contributed by atoms with Crippen LogP contribution in [0, 0.1) is 0 Å². The highest BCUT2D eigenvalue weighted by Crippen LogP contribution is 2.06. The summed E-state index contributed by atoms with van der Waals surface area (Å²) in [6.45, 7) is 2.18. The molecule has 0 unspecified atom stereocenters. The second-order valence-electron chi connectivity index (χ2n) is 3.74. The van der Waals surface area contributed by atoms with Gasteiger partial charge >= 0.3 is 0 Å². The Kier molecular flexibility index (Phi) is 3.77. The van der Waals surface area contributed by atoms with Crippen molar-refractivity contribution in [3.63, 3.8) is 0 Å². The number of aryl methyl sites for hydroxylation is 1. The van der Waals surface area contributed by atoms with Gasteiger partial charge in [0.1, 0.15) is 0 Å². The lowest BCUT2D eigenvalue weighted by Gasteiger charge is -2.09. The highest BCUT2D eigenvalue weighted by Gasteiger charge is 2.03. The molecule has 0 aliphatic carbocycles. The third-order valence-corrected chi connectivity index (χ3v) is 2.60. The Hall–Kier alpha value is -1.82. The maximum atomic E-state index is 5.05. The van der Waals surface area contributed by atoms with Crippen LogP contribution in [0.4, 0.5) is 5.95 Å². The largest absolute Gasteiger partial charge is 0.383 e. The molecule has 17 heavy (non-hydrogen) atoms. The van der Waals surface area contributed by atoms with E-state index in [2.05, 4.69) is 15.4 Å². The van der Waals surface area contributed by atoms with Gasteiger partial charge in [0, 0.05) is 39.3 Å². The molecule has 0 fully saturated rings. The van der Waals surface area contributed by atoms with E-state index in [-0.39, 0.29) is 0 Å². The van der Waals surface area contributed by atoms with E-state index in [0.717, 1.165) is 18.2 Å². The van der Waals surface area contributed by atoms with E-state index in [4.69, 9.17) is 4.74 Å². The van der Waals surface area contributed by atoms with E-state index in [1.165, 1.54) is 0 Å². The summed E-state index contributed by atoms with van der Waals surface area (Å²) in [7, 11) is 3.62. The van der Waals surface area contributed by atoms with Crippen LogP contribution in [0.3, 0.4) is 0 Å². The lowest BCUT2D eigenvalue weighted by Crippen LogP contribution is -2.11. The van der Waals surface area contributed by atoms with Crippen LogP contribution < -0.4 is 5.32 Å². The summed E-state index contributed by atoms with van der Waals surface area (Å²) >= 11 is 0. The SMILES string of the molecule is COCCn1ccnc1NCc1ccnn1C. The summed E-state index contributed by atoms with van der Waals surface area (Å²) < 4.78 is 8.92. The Morgan fingerprint density at radius 2 is 2.29 bits per heavy atom. The van der Waals surface area contributed by atoms with Crippen molar-refractivity contribution in [3.8, 4) is 0 Å². The van der Waals surface area contributed by atoms with Gasteiger partial charge in [-0.1, -0.05) is 0 Å². The second-order valence-corrected chi connectivity index (χ2v) is 3.74. The van der Waals surface area contributed by atoms with Crippen LogP contribution in [0.1, 0.15) is 5.69 Å². The molecule has 0 atom stereocenters. The zero-order valence-corrected chi connectivity index (χ0v) is 10.1. The van der Waals surface area contributed by atoms with Crippen LogP contribution in [0.5, 0.6) is 0 Å². The van der Waals surface area contributed by atoms with Crippen molar-refractivity contribution in [2.75, 3.05) is 19.0 Å². The van der Waals surface area contributed by atoms with Crippen molar-refractivity contribution in [1.29, 1.82) is 0 Å². The Bertz CT molecular complexity index is 462. The first kappa shape index (κ1) is 11.7. The highest BCUT2D eigenvalue weighted by atomic mass is 16.5. The van der Waals surface area contributed by atoms with E-state index >= 15 is 0 Å². The first-order valence-electron chi connectivity index (χ1n) is 5.52. The summed E-state index contributed by atoms with van der Waals surface area (Å²) in [5.74, 6) is 0.850. The van der Waals surface area contributed by atoms with Gasteiger partial charge in [0.05, 0.1) is 18.8 Å². The lowest BCUT2D eigenvalue weighted by atomic mass is 10.4. The third-order valence-electron chi connectivity index (χ3n) is 2.60. The molecule has 2 aromatic rings. The Labute approximate surface area is 100 Å². The number of anilines is 1. The van der Waals surface area contributed by atoms with E-state index in [1.54, 1.807) is 19.5 Å². The average molecular weight is 235 g/mol. The molecule has 92 valence electrons. The Balaban J connectivity index is 1.95. The van der Waals surface area contributed by atoms with Crippen molar-refractivity contribution < 1.29 is 4.74 Å². The predicted molar refractivity (Wildman–Crippen MR) is 64.6 cm³/mol. The van der Waals surface area contributed by atoms with Gasteiger partial charge in [-0.05, 0) is 6.07 Å². The fraction of sp³-hybridized carbons (Fsp3) is 0.455. The Morgan fingerprint density at radius 3 is 3.00 bits per heavy atom. The van der Waals surface area contributed by atoms with Gasteiger partial charge in [-0.3, -0.25) is 4.68 Å². The number of ether oxygens (including phenoxy) is 1. The van der Waals surface area contributed by atoms with E-state index in [1.807, 2.05) is 28.6 Å². The monoisotopic (exact) mass is 235 g/mol. The second kappa shape index (κ2) is 5.49. The summed E-state index contributed by atoms with van der Waals surface area (Å²) in [6, 6.07) is 1.98. The minimum absolute atomic E-state index is 0.677. The molecule has 0 radical (unpaired) electrons. The van der Waals surface area contributed by atoms with Gasteiger partial charge in [-0.25, -0.2) is 4.98 Å². The molecule has 6 nitrogen and oxygen atoms in total. The molecule has 0 aliphatic rings. The molecule has 2 rings (SSSR count). The molecule has 0 saturated carbocycles. The van der Waals surface area contributed by atoms with Crippen molar-refractivity contribution >= 4 is 5.95 Å².